The molecule has 0 radical (unpaired) electrons. The summed E-state index contributed by atoms with van der Waals surface area (Å²) in [5.41, 5.74) is 1.20. The standard InChI is InChI=1S/C14H16O2/c1-10(11-5-3-2-4-6-11)13-8-7-12(15)9-14(13)16/h2-10,13-16H,1H3. The van der Waals surface area contributed by atoms with Gasteiger partial charge in [0.15, 0.2) is 0 Å². The fraction of sp³-hybridized carbons (Fsp3) is 0.286. The van der Waals surface area contributed by atoms with Gasteiger partial charge in [-0.1, -0.05) is 43.3 Å². The lowest BCUT2D eigenvalue weighted by molar-refractivity contribution is 0.156. The van der Waals surface area contributed by atoms with Gasteiger partial charge >= 0.3 is 0 Å². The van der Waals surface area contributed by atoms with Gasteiger partial charge in [-0.15, -0.1) is 0 Å². The Morgan fingerprint density at radius 2 is 1.88 bits per heavy atom. The maximum absolute atomic E-state index is 9.88. The van der Waals surface area contributed by atoms with Gasteiger partial charge in [0, 0.05) is 5.92 Å². The van der Waals surface area contributed by atoms with Crippen LogP contribution in [-0.2, 0) is 0 Å². The van der Waals surface area contributed by atoms with Crippen molar-refractivity contribution in [2.75, 3.05) is 0 Å². The summed E-state index contributed by atoms with van der Waals surface area (Å²) in [4.78, 5) is 0. The van der Waals surface area contributed by atoms with Gasteiger partial charge in [-0.2, -0.15) is 0 Å². The first-order valence-electron chi connectivity index (χ1n) is 5.50. The third-order valence-electron chi connectivity index (χ3n) is 3.13. The number of rotatable bonds is 2. The molecule has 0 saturated heterocycles. The molecule has 0 amide bonds. The van der Waals surface area contributed by atoms with Crippen LogP contribution in [0.5, 0.6) is 0 Å². The van der Waals surface area contributed by atoms with Crippen LogP contribution in [0, 0.1) is 5.92 Å². The molecule has 0 saturated carbocycles. The Hall–Kier alpha value is -1.54. The van der Waals surface area contributed by atoms with E-state index in [-0.39, 0.29) is 17.6 Å². The first-order chi connectivity index (χ1) is 7.68. The van der Waals surface area contributed by atoms with Crippen LogP contribution >= 0.6 is 0 Å². The maximum atomic E-state index is 9.88. The van der Waals surface area contributed by atoms with Gasteiger partial charge in [-0.3, -0.25) is 0 Å². The summed E-state index contributed by atoms with van der Waals surface area (Å²) in [6.07, 6.45) is 4.40. The van der Waals surface area contributed by atoms with E-state index in [9.17, 15) is 10.2 Å². The van der Waals surface area contributed by atoms with Crippen LogP contribution in [0.3, 0.4) is 0 Å². The van der Waals surface area contributed by atoms with Gasteiger partial charge in [0.25, 0.3) is 0 Å². The zero-order valence-corrected chi connectivity index (χ0v) is 9.25. The lowest BCUT2D eigenvalue weighted by Crippen LogP contribution is -2.24. The van der Waals surface area contributed by atoms with Crippen LogP contribution in [0.2, 0.25) is 0 Å². The van der Waals surface area contributed by atoms with Crippen molar-refractivity contribution in [3.05, 3.63) is 59.9 Å². The predicted octanol–water partition coefficient (Wildman–Crippen LogP) is 2.78. The zero-order valence-electron chi connectivity index (χ0n) is 9.25. The van der Waals surface area contributed by atoms with Crippen LogP contribution in [0.1, 0.15) is 18.4 Å². The molecule has 1 aliphatic rings. The van der Waals surface area contributed by atoms with Crippen LogP contribution in [0.15, 0.2) is 54.3 Å². The molecule has 3 unspecified atom stereocenters. The van der Waals surface area contributed by atoms with Gasteiger partial charge in [0.05, 0.1) is 6.10 Å². The first kappa shape index (κ1) is 11.0. The SMILES string of the molecule is CC(c1ccccc1)C1C=CC(O)=CC1O. The number of aliphatic hydroxyl groups excluding tert-OH is 2. The summed E-state index contributed by atoms with van der Waals surface area (Å²) in [7, 11) is 0. The topological polar surface area (TPSA) is 40.5 Å². The van der Waals surface area contributed by atoms with Gasteiger partial charge in [-0.05, 0) is 23.6 Å². The molecule has 2 nitrogen and oxygen atoms in total. The predicted molar refractivity (Wildman–Crippen MR) is 64.2 cm³/mol. The highest BCUT2D eigenvalue weighted by molar-refractivity contribution is 5.27. The number of aliphatic hydroxyl groups is 2. The minimum Gasteiger partial charge on any atom is -0.508 e. The van der Waals surface area contributed by atoms with Crippen molar-refractivity contribution in [1.82, 2.24) is 0 Å². The molecule has 0 spiro atoms. The smallest absolute Gasteiger partial charge is 0.113 e. The fourth-order valence-corrected chi connectivity index (χ4v) is 2.11. The summed E-state index contributed by atoms with van der Waals surface area (Å²) in [5, 5.41) is 19.1. The molecule has 16 heavy (non-hydrogen) atoms. The number of hydrogen-bond donors (Lipinski definition) is 2. The van der Waals surface area contributed by atoms with Crippen molar-refractivity contribution in [3.8, 4) is 0 Å². The molecule has 1 aromatic carbocycles. The quantitative estimate of drug-likeness (QED) is 0.798. The van der Waals surface area contributed by atoms with Crippen LogP contribution in [-0.4, -0.2) is 16.3 Å². The minimum absolute atomic E-state index is 0.0262. The average Bonchev–Trinajstić information content (AvgIpc) is 2.29. The van der Waals surface area contributed by atoms with Crippen LogP contribution < -0.4 is 0 Å². The second-order valence-corrected chi connectivity index (χ2v) is 4.22. The molecule has 0 heterocycles. The molecule has 2 rings (SSSR count). The van der Waals surface area contributed by atoms with Gasteiger partial charge in [-0.25, -0.2) is 0 Å². The van der Waals surface area contributed by atoms with E-state index < -0.39 is 6.10 Å². The highest BCUT2D eigenvalue weighted by Gasteiger charge is 2.25. The van der Waals surface area contributed by atoms with E-state index in [0.29, 0.717) is 0 Å². The van der Waals surface area contributed by atoms with Gasteiger partial charge in [0.2, 0.25) is 0 Å². The molecule has 0 aliphatic heterocycles. The fourth-order valence-electron chi connectivity index (χ4n) is 2.11. The molecule has 0 bridgehead atoms. The Morgan fingerprint density at radius 3 is 2.50 bits per heavy atom. The van der Waals surface area contributed by atoms with Crippen molar-refractivity contribution in [2.45, 2.75) is 18.9 Å². The summed E-state index contributed by atoms with van der Waals surface area (Å²) < 4.78 is 0. The Morgan fingerprint density at radius 1 is 1.19 bits per heavy atom. The van der Waals surface area contributed by atoms with E-state index in [0.717, 1.165) is 0 Å². The molecule has 0 aromatic heterocycles. The maximum Gasteiger partial charge on any atom is 0.113 e. The molecule has 1 aromatic rings. The molecule has 3 atom stereocenters. The molecule has 2 heteroatoms. The van der Waals surface area contributed by atoms with Gasteiger partial charge < -0.3 is 10.2 Å². The third kappa shape index (κ3) is 2.17. The highest BCUT2D eigenvalue weighted by atomic mass is 16.3. The minimum atomic E-state index is -0.611. The van der Waals surface area contributed by atoms with Crippen molar-refractivity contribution in [2.24, 2.45) is 5.92 Å². The summed E-state index contributed by atoms with van der Waals surface area (Å²) in [6, 6.07) is 10.1. The molecular weight excluding hydrogens is 200 g/mol. The number of benzene rings is 1. The molecule has 2 N–H and O–H groups in total. The van der Waals surface area contributed by atoms with E-state index in [1.165, 1.54) is 11.6 Å². The number of hydrogen-bond acceptors (Lipinski definition) is 2. The molecule has 1 aliphatic carbocycles. The van der Waals surface area contributed by atoms with Gasteiger partial charge in [0.1, 0.15) is 5.76 Å². The third-order valence-corrected chi connectivity index (χ3v) is 3.13. The van der Waals surface area contributed by atoms with E-state index in [2.05, 4.69) is 19.1 Å². The Kier molecular flexibility index (Phi) is 3.11. The second kappa shape index (κ2) is 4.54. The van der Waals surface area contributed by atoms with Crippen molar-refractivity contribution in [1.29, 1.82) is 0 Å². The number of allylic oxidation sites excluding steroid dienone is 1. The summed E-state index contributed by atoms with van der Waals surface area (Å²) in [6.45, 7) is 2.09. The monoisotopic (exact) mass is 216 g/mol. The van der Waals surface area contributed by atoms with E-state index in [1.807, 2.05) is 24.3 Å². The van der Waals surface area contributed by atoms with Crippen molar-refractivity contribution in [3.63, 3.8) is 0 Å². The normalized spacial score (nSPS) is 26.2. The van der Waals surface area contributed by atoms with E-state index in [4.69, 9.17) is 0 Å². The summed E-state index contributed by atoms with van der Waals surface area (Å²) in [5.74, 6) is 0.402. The Labute approximate surface area is 95.6 Å². The van der Waals surface area contributed by atoms with E-state index >= 15 is 0 Å². The van der Waals surface area contributed by atoms with Crippen molar-refractivity contribution < 1.29 is 10.2 Å². The lowest BCUT2D eigenvalue weighted by Gasteiger charge is -2.26. The molecule has 0 fully saturated rings. The van der Waals surface area contributed by atoms with Crippen molar-refractivity contribution >= 4 is 0 Å². The molecule has 84 valence electrons. The van der Waals surface area contributed by atoms with Crippen LogP contribution in [0.4, 0.5) is 0 Å². The lowest BCUT2D eigenvalue weighted by atomic mass is 9.81. The second-order valence-electron chi connectivity index (χ2n) is 4.22. The van der Waals surface area contributed by atoms with E-state index in [1.54, 1.807) is 6.08 Å². The Bertz CT molecular complexity index is 406. The van der Waals surface area contributed by atoms with Crippen LogP contribution in [0.25, 0.3) is 0 Å². The average molecular weight is 216 g/mol. The zero-order chi connectivity index (χ0) is 11.5. The first-order valence-corrected chi connectivity index (χ1v) is 5.50. The molecular formula is C14H16O2. The summed E-state index contributed by atoms with van der Waals surface area (Å²) >= 11 is 0. The Balaban J connectivity index is 2.18. The largest absolute Gasteiger partial charge is 0.508 e. The highest BCUT2D eigenvalue weighted by Crippen LogP contribution is 2.30.